The molecule has 0 N–H and O–H groups in total. The Balaban J connectivity index is 0.00000387. The molecule has 4 heterocycles. The molecule has 9 rings (SSSR count). The first-order chi connectivity index (χ1) is 24.8. The number of rotatable bonds is 5. The average Bonchev–Trinajstić information content (AvgIpc) is 3.66. The van der Waals surface area contributed by atoms with Crippen LogP contribution < -0.4 is 4.74 Å². The van der Waals surface area contributed by atoms with Gasteiger partial charge in [0, 0.05) is 53.7 Å². The molecule has 9 aromatic rings. The van der Waals surface area contributed by atoms with Crippen molar-refractivity contribution in [2.75, 3.05) is 7.11 Å². The molecule has 0 atom stereocenters. The van der Waals surface area contributed by atoms with Gasteiger partial charge in [-0.3, -0.25) is 4.57 Å². The Labute approximate surface area is 317 Å². The molecule has 0 radical (unpaired) electrons. The van der Waals surface area contributed by atoms with Gasteiger partial charge in [0.15, 0.2) is 0 Å². The van der Waals surface area contributed by atoms with Crippen molar-refractivity contribution in [1.29, 1.82) is 0 Å². The molecular weight excluding hydrogens is 820 g/mol. The van der Waals surface area contributed by atoms with Crippen molar-refractivity contribution in [3.8, 4) is 39.6 Å². The summed E-state index contributed by atoms with van der Waals surface area (Å²) in [5.41, 5.74) is 11.5. The monoisotopic (exact) mass is 856 g/mol. The molecule has 0 aliphatic carbocycles. The van der Waals surface area contributed by atoms with Crippen molar-refractivity contribution < 1.29 is 25.8 Å². The van der Waals surface area contributed by atoms with Crippen molar-refractivity contribution in [2.45, 2.75) is 33.1 Å². The van der Waals surface area contributed by atoms with Crippen molar-refractivity contribution >= 4 is 43.9 Å². The molecule has 0 bridgehead atoms. The molecule has 0 saturated carbocycles. The standard InChI is InChI=1S/C46H37N4O.Pt/c1-29-14-6-7-17-34(29)37-20-13-23-40(47-37)50-39-22-11-9-19-36(39)43-41(30-24-26-33(51-5)27-25-30)42-35-18-8-10-21-38(35)49(44(42)48-45(43)50)32-16-12-15-31(28-32)46(2,3)4;/h6-15,17-28H,1-5H3;/q-1;. The van der Waals surface area contributed by atoms with Gasteiger partial charge < -0.3 is 9.30 Å². The van der Waals surface area contributed by atoms with Gasteiger partial charge in [0.1, 0.15) is 22.9 Å². The molecule has 0 fully saturated rings. The van der Waals surface area contributed by atoms with Crippen LogP contribution in [0.15, 0.2) is 133 Å². The van der Waals surface area contributed by atoms with Crippen LogP contribution in [-0.2, 0) is 26.5 Å². The quantitative estimate of drug-likeness (QED) is 0.162. The summed E-state index contributed by atoms with van der Waals surface area (Å²) < 4.78 is 10.1. The minimum absolute atomic E-state index is 0. The van der Waals surface area contributed by atoms with Gasteiger partial charge in [-0.2, -0.15) is 23.8 Å². The van der Waals surface area contributed by atoms with Crippen LogP contribution in [0.4, 0.5) is 0 Å². The number of aryl methyl sites for hydroxylation is 1. The first-order valence-electron chi connectivity index (χ1n) is 17.4. The fourth-order valence-corrected chi connectivity index (χ4v) is 7.51. The summed E-state index contributed by atoms with van der Waals surface area (Å²) in [5, 5.41) is 4.44. The second kappa shape index (κ2) is 12.9. The zero-order valence-corrected chi connectivity index (χ0v) is 32.0. The van der Waals surface area contributed by atoms with Crippen LogP contribution in [0.2, 0.25) is 0 Å². The Morgan fingerprint density at radius 2 is 1.29 bits per heavy atom. The predicted molar refractivity (Wildman–Crippen MR) is 210 cm³/mol. The molecule has 4 aromatic heterocycles. The average molecular weight is 857 g/mol. The smallest absolute Gasteiger partial charge is 0.149 e. The molecule has 258 valence electrons. The largest absolute Gasteiger partial charge is 0.497 e. The zero-order chi connectivity index (χ0) is 34.9. The molecule has 52 heavy (non-hydrogen) atoms. The number of hydrogen-bond donors (Lipinski definition) is 0. The number of benzene rings is 5. The Hall–Kier alpha value is -5.51. The van der Waals surface area contributed by atoms with E-state index in [2.05, 4.69) is 158 Å². The third-order valence-electron chi connectivity index (χ3n) is 10.1. The number of methoxy groups -OCH3 is 1. The number of hydrogen-bond acceptors (Lipinski definition) is 3. The minimum atomic E-state index is -0.0300. The predicted octanol–water partition coefficient (Wildman–Crippen LogP) is 11.4. The first kappa shape index (κ1) is 33.6. The first-order valence-corrected chi connectivity index (χ1v) is 17.4. The maximum absolute atomic E-state index is 5.68. The summed E-state index contributed by atoms with van der Waals surface area (Å²) in [4.78, 5) is 11.0. The number of para-hydroxylation sites is 2. The normalized spacial score (nSPS) is 11.8. The van der Waals surface area contributed by atoms with Crippen LogP contribution in [0.5, 0.6) is 5.75 Å². The van der Waals surface area contributed by atoms with E-state index in [4.69, 9.17) is 14.7 Å². The summed E-state index contributed by atoms with van der Waals surface area (Å²) in [6.45, 7) is 8.88. The topological polar surface area (TPSA) is 44.9 Å². The van der Waals surface area contributed by atoms with E-state index < -0.39 is 0 Å². The third kappa shape index (κ3) is 5.34. The van der Waals surface area contributed by atoms with Crippen molar-refractivity contribution in [2.24, 2.45) is 0 Å². The molecule has 0 aliphatic rings. The van der Waals surface area contributed by atoms with Gasteiger partial charge in [-0.1, -0.05) is 105 Å². The Kier molecular flexibility index (Phi) is 8.35. The number of pyridine rings is 2. The van der Waals surface area contributed by atoms with Crippen molar-refractivity contribution in [1.82, 2.24) is 19.1 Å². The van der Waals surface area contributed by atoms with Crippen LogP contribution in [0.1, 0.15) is 31.9 Å². The van der Waals surface area contributed by atoms with E-state index in [1.807, 2.05) is 18.2 Å². The van der Waals surface area contributed by atoms with Crippen LogP contribution in [0.3, 0.4) is 0 Å². The Morgan fingerprint density at radius 3 is 1.96 bits per heavy atom. The molecular formula is C46H37N4OPt-. The van der Waals surface area contributed by atoms with Crippen LogP contribution in [-0.4, -0.2) is 26.2 Å². The van der Waals surface area contributed by atoms with E-state index in [1.54, 1.807) is 7.11 Å². The molecule has 0 unspecified atom stereocenters. The van der Waals surface area contributed by atoms with Gasteiger partial charge in [-0.25, -0.2) is 9.97 Å². The van der Waals surface area contributed by atoms with E-state index >= 15 is 0 Å². The van der Waals surface area contributed by atoms with E-state index in [0.29, 0.717) is 0 Å². The second-order valence-electron chi connectivity index (χ2n) is 14.2. The van der Waals surface area contributed by atoms with Crippen molar-refractivity contribution in [3.63, 3.8) is 0 Å². The van der Waals surface area contributed by atoms with Crippen LogP contribution in [0.25, 0.3) is 77.8 Å². The maximum Gasteiger partial charge on any atom is 0.149 e. The number of aromatic nitrogens is 4. The molecule has 0 amide bonds. The zero-order valence-electron chi connectivity index (χ0n) is 29.7. The molecule has 6 heteroatoms. The van der Waals surface area contributed by atoms with Crippen molar-refractivity contribution in [3.05, 3.63) is 151 Å². The number of fused-ring (bicyclic) bond motifs is 6. The summed E-state index contributed by atoms with van der Waals surface area (Å²) in [6, 6.07) is 50.3. The third-order valence-corrected chi connectivity index (χ3v) is 10.1. The maximum atomic E-state index is 5.68. The van der Waals surface area contributed by atoms with Gasteiger partial charge >= 0.3 is 0 Å². The number of ether oxygens (including phenoxy) is 1. The molecule has 0 aliphatic heterocycles. The second-order valence-corrected chi connectivity index (χ2v) is 14.2. The SMILES string of the molecule is COc1ccc(-c2c3c4ccccc4n(-c4[c-]ccc(C(C)(C)C)c4)c3nc3c2c2ccccc2n3-c2cccc(-c3ccccc3C)n2)cc1.[Pt]. The van der Waals surface area contributed by atoms with Crippen LogP contribution in [0, 0.1) is 13.0 Å². The minimum Gasteiger partial charge on any atom is -0.497 e. The van der Waals surface area contributed by atoms with Gasteiger partial charge in [0.2, 0.25) is 0 Å². The fourth-order valence-electron chi connectivity index (χ4n) is 7.51. The Morgan fingerprint density at radius 1 is 0.654 bits per heavy atom. The molecule has 5 aromatic carbocycles. The van der Waals surface area contributed by atoms with E-state index in [0.717, 1.165) is 83.5 Å². The fraction of sp³-hybridized carbons (Fsp3) is 0.130. The molecule has 5 nitrogen and oxygen atoms in total. The van der Waals surface area contributed by atoms with Crippen LogP contribution >= 0.6 is 0 Å². The molecule has 0 saturated heterocycles. The van der Waals surface area contributed by atoms with Gasteiger partial charge in [-0.15, -0.1) is 6.07 Å². The Bertz CT molecular complexity index is 2790. The van der Waals surface area contributed by atoms with Gasteiger partial charge in [-0.05, 0) is 59.9 Å². The molecule has 0 spiro atoms. The van der Waals surface area contributed by atoms with Gasteiger partial charge in [0.25, 0.3) is 0 Å². The summed E-state index contributed by atoms with van der Waals surface area (Å²) >= 11 is 0. The van der Waals surface area contributed by atoms with E-state index in [1.165, 1.54) is 11.1 Å². The summed E-state index contributed by atoms with van der Waals surface area (Å²) in [7, 11) is 1.71. The number of nitrogens with zero attached hydrogens (tertiary/aromatic N) is 4. The summed E-state index contributed by atoms with van der Waals surface area (Å²) in [6.07, 6.45) is 0. The van der Waals surface area contributed by atoms with Gasteiger partial charge in [0.05, 0.1) is 23.8 Å². The summed E-state index contributed by atoms with van der Waals surface area (Å²) in [5.74, 6) is 1.63. The van der Waals surface area contributed by atoms with E-state index in [9.17, 15) is 0 Å². The van der Waals surface area contributed by atoms with E-state index in [-0.39, 0.29) is 26.5 Å².